The van der Waals surface area contributed by atoms with E-state index in [0.29, 0.717) is 42.0 Å². The first-order valence-electron chi connectivity index (χ1n) is 6.30. The van der Waals surface area contributed by atoms with E-state index < -0.39 is 5.91 Å². The van der Waals surface area contributed by atoms with Gasteiger partial charge in [-0.1, -0.05) is 23.2 Å². The Hall–Kier alpha value is -1.74. The SMILES string of the molecule is N#C/C(=C/N1CCOCC1)C(=O)Nc1ccc(Cl)c(Cl)c1. The van der Waals surface area contributed by atoms with Crippen LogP contribution >= 0.6 is 23.2 Å². The summed E-state index contributed by atoms with van der Waals surface area (Å²) in [5.74, 6) is -0.484. The number of benzene rings is 1. The van der Waals surface area contributed by atoms with E-state index >= 15 is 0 Å². The second-order valence-corrected chi connectivity index (χ2v) is 5.20. The minimum absolute atomic E-state index is 0.0305. The van der Waals surface area contributed by atoms with Crippen molar-refractivity contribution in [1.82, 2.24) is 4.90 Å². The molecule has 1 aromatic rings. The molecule has 1 N–H and O–H groups in total. The van der Waals surface area contributed by atoms with Gasteiger partial charge in [-0.05, 0) is 18.2 Å². The molecule has 0 aromatic heterocycles. The molecule has 1 saturated heterocycles. The van der Waals surface area contributed by atoms with E-state index in [1.165, 1.54) is 6.07 Å². The molecule has 1 amide bonds. The summed E-state index contributed by atoms with van der Waals surface area (Å²) >= 11 is 11.7. The number of hydrogen-bond acceptors (Lipinski definition) is 4. The normalized spacial score (nSPS) is 15.5. The van der Waals surface area contributed by atoms with Gasteiger partial charge in [0.15, 0.2) is 0 Å². The van der Waals surface area contributed by atoms with Crippen LogP contribution in [-0.2, 0) is 9.53 Å². The molecule has 0 spiro atoms. The Morgan fingerprint density at radius 2 is 2.05 bits per heavy atom. The summed E-state index contributed by atoms with van der Waals surface area (Å²) in [6.45, 7) is 2.49. The number of ether oxygens (including phenoxy) is 1. The lowest BCUT2D eigenvalue weighted by molar-refractivity contribution is -0.112. The fraction of sp³-hybridized carbons (Fsp3) is 0.286. The van der Waals surface area contributed by atoms with Crippen LogP contribution in [0.3, 0.4) is 0 Å². The number of carbonyl (C=O) groups excluding carboxylic acids is 1. The van der Waals surface area contributed by atoms with Crippen molar-refractivity contribution in [1.29, 1.82) is 5.26 Å². The monoisotopic (exact) mass is 325 g/mol. The summed E-state index contributed by atoms with van der Waals surface area (Å²) in [4.78, 5) is 14.0. The summed E-state index contributed by atoms with van der Waals surface area (Å²) in [6.07, 6.45) is 1.55. The summed E-state index contributed by atoms with van der Waals surface area (Å²) in [6, 6.07) is 6.64. The smallest absolute Gasteiger partial charge is 0.267 e. The summed E-state index contributed by atoms with van der Waals surface area (Å²) < 4.78 is 5.21. The van der Waals surface area contributed by atoms with Gasteiger partial charge in [0.2, 0.25) is 0 Å². The predicted octanol–water partition coefficient (Wildman–Crippen LogP) is 2.67. The van der Waals surface area contributed by atoms with Crippen molar-refractivity contribution in [3.05, 3.63) is 40.0 Å². The fourth-order valence-electron chi connectivity index (χ4n) is 1.80. The second kappa shape index (κ2) is 7.32. The molecule has 1 fully saturated rings. The third-order valence-corrected chi connectivity index (χ3v) is 3.64. The highest BCUT2D eigenvalue weighted by atomic mass is 35.5. The zero-order valence-corrected chi connectivity index (χ0v) is 12.6. The Bertz CT molecular complexity index is 605. The van der Waals surface area contributed by atoms with Gasteiger partial charge in [-0.3, -0.25) is 4.79 Å². The molecule has 0 aliphatic carbocycles. The van der Waals surface area contributed by atoms with Gasteiger partial charge >= 0.3 is 0 Å². The van der Waals surface area contributed by atoms with Gasteiger partial charge in [0.25, 0.3) is 5.91 Å². The molecule has 21 heavy (non-hydrogen) atoms. The zero-order chi connectivity index (χ0) is 15.2. The van der Waals surface area contributed by atoms with E-state index in [1.54, 1.807) is 18.3 Å². The molecular weight excluding hydrogens is 313 g/mol. The van der Waals surface area contributed by atoms with Gasteiger partial charge in [-0.15, -0.1) is 0 Å². The summed E-state index contributed by atoms with van der Waals surface area (Å²) in [7, 11) is 0. The number of hydrogen-bond donors (Lipinski definition) is 1. The lowest BCUT2D eigenvalue weighted by Crippen LogP contribution is -2.33. The van der Waals surface area contributed by atoms with E-state index in [-0.39, 0.29) is 5.57 Å². The number of anilines is 1. The molecule has 1 heterocycles. The van der Waals surface area contributed by atoms with Crippen LogP contribution in [0.2, 0.25) is 10.0 Å². The highest BCUT2D eigenvalue weighted by Crippen LogP contribution is 2.25. The first kappa shape index (κ1) is 15.6. The Morgan fingerprint density at radius 3 is 2.67 bits per heavy atom. The van der Waals surface area contributed by atoms with Crippen LogP contribution in [0, 0.1) is 11.3 Å². The molecule has 0 bridgehead atoms. The number of nitrogens with zero attached hydrogens (tertiary/aromatic N) is 2. The van der Waals surface area contributed by atoms with Crippen LogP contribution in [0.25, 0.3) is 0 Å². The van der Waals surface area contributed by atoms with Crippen LogP contribution in [0.5, 0.6) is 0 Å². The molecule has 1 aliphatic rings. The Labute approximate surface area is 132 Å². The standard InChI is InChI=1S/C14H13Cl2N3O2/c15-12-2-1-11(7-13(12)16)18-14(20)10(8-17)9-19-3-5-21-6-4-19/h1-2,7,9H,3-6H2,(H,18,20)/b10-9-. The number of halogens is 2. The highest BCUT2D eigenvalue weighted by Gasteiger charge is 2.14. The molecule has 1 aromatic carbocycles. The van der Waals surface area contributed by atoms with Crippen molar-refractivity contribution in [2.45, 2.75) is 0 Å². The maximum Gasteiger partial charge on any atom is 0.267 e. The van der Waals surface area contributed by atoms with Crippen molar-refractivity contribution in [3.8, 4) is 6.07 Å². The molecule has 7 heteroatoms. The molecule has 0 saturated carbocycles. The van der Waals surface area contributed by atoms with E-state index in [4.69, 9.17) is 33.2 Å². The number of nitriles is 1. The molecule has 2 rings (SSSR count). The number of carbonyl (C=O) groups is 1. The van der Waals surface area contributed by atoms with Crippen LogP contribution < -0.4 is 5.32 Å². The van der Waals surface area contributed by atoms with Gasteiger partial charge in [-0.2, -0.15) is 5.26 Å². The van der Waals surface area contributed by atoms with E-state index in [1.807, 2.05) is 11.0 Å². The molecule has 0 unspecified atom stereocenters. The minimum Gasteiger partial charge on any atom is -0.378 e. The third-order valence-electron chi connectivity index (χ3n) is 2.90. The molecule has 5 nitrogen and oxygen atoms in total. The van der Waals surface area contributed by atoms with Gasteiger partial charge < -0.3 is 15.0 Å². The number of rotatable bonds is 3. The first-order chi connectivity index (χ1) is 10.1. The van der Waals surface area contributed by atoms with Crippen LogP contribution in [0.1, 0.15) is 0 Å². The van der Waals surface area contributed by atoms with E-state index in [9.17, 15) is 4.79 Å². The lowest BCUT2D eigenvalue weighted by atomic mass is 10.2. The maximum absolute atomic E-state index is 12.1. The Kier molecular flexibility index (Phi) is 5.45. The lowest BCUT2D eigenvalue weighted by Gasteiger charge is -2.25. The van der Waals surface area contributed by atoms with Crippen LogP contribution in [0.15, 0.2) is 30.0 Å². The molecule has 110 valence electrons. The Balaban J connectivity index is 2.07. The average Bonchev–Trinajstić information content (AvgIpc) is 2.49. The van der Waals surface area contributed by atoms with Crippen LogP contribution in [-0.4, -0.2) is 37.1 Å². The number of nitrogens with one attached hydrogen (secondary N) is 1. The second-order valence-electron chi connectivity index (χ2n) is 4.39. The van der Waals surface area contributed by atoms with Crippen molar-refractivity contribution < 1.29 is 9.53 Å². The maximum atomic E-state index is 12.1. The van der Waals surface area contributed by atoms with E-state index in [0.717, 1.165) is 0 Å². The van der Waals surface area contributed by atoms with Gasteiger partial charge in [0, 0.05) is 25.0 Å². The number of morpholine rings is 1. The highest BCUT2D eigenvalue weighted by molar-refractivity contribution is 6.42. The van der Waals surface area contributed by atoms with Gasteiger partial charge in [0.1, 0.15) is 11.6 Å². The number of amides is 1. The Morgan fingerprint density at radius 1 is 1.33 bits per heavy atom. The third kappa shape index (κ3) is 4.36. The minimum atomic E-state index is -0.484. The average molecular weight is 326 g/mol. The van der Waals surface area contributed by atoms with Crippen molar-refractivity contribution in [3.63, 3.8) is 0 Å². The largest absolute Gasteiger partial charge is 0.378 e. The summed E-state index contributed by atoms with van der Waals surface area (Å²) in [5.41, 5.74) is 0.514. The fourth-order valence-corrected chi connectivity index (χ4v) is 2.10. The molecule has 0 radical (unpaired) electrons. The van der Waals surface area contributed by atoms with Crippen molar-refractivity contribution >= 4 is 34.8 Å². The molecule has 0 atom stereocenters. The molecular formula is C14H13Cl2N3O2. The van der Waals surface area contributed by atoms with Crippen molar-refractivity contribution in [2.24, 2.45) is 0 Å². The molecule has 1 aliphatic heterocycles. The first-order valence-corrected chi connectivity index (χ1v) is 7.06. The topological polar surface area (TPSA) is 65.4 Å². The summed E-state index contributed by atoms with van der Waals surface area (Å²) in [5, 5.41) is 12.5. The van der Waals surface area contributed by atoms with Crippen LogP contribution in [0.4, 0.5) is 5.69 Å². The zero-order valence-electron chi connectivity index (χ0n) is 11.1. The van der Waals surface area contributed by atoms with Crippen molar-refractivity contribution in [2.75, 3.05) is 31.6 Å². The quantitative estimate of drug-likeness (QED) is 0.685. The van der Waals surface area contributed by atoms with E-state index in [2.05, 4.69) is 5.32 Å². The van der Waals surface area contributed by atoms with Gasteiger partial charge in [0.05, 0.1) is 23.3 Å². The van der Waals surface area contributed by atoms with Gasteiger partial charge in [-0.25, -0.2) is 0 Å². The predicted molar refractivity (Wildman–Crippen MR) is 81.2 cm³/mol.